The van der Waals surface area contributed by atoms with Crippen LogP contribution in [0.2, 0.25) is 0 Å². The number of halogens is 1. The van der Waals surface area contributed by atoms with Gasteiger partial charge in [0.25, 0.3) is 0 Å². The van der Waals surface area contributed by atoms with Crippen LogP contribution in [0.25, 0.3) is 0 Å². The van der Waals surface area contributed by atoms with Gasteiger partial charge in [0, 0.05) is 25.0 Å². The highest BCUT2D eigenvalue weighted by atomic mass is 19.1. The molecule has 5 nitrogen and oxygen atoms in total. The zero-order valence-electron chi connectivity index (χ0n) is 16.8. The number of carbonyl (C=O) groups is 1. The van der Waals surface area contributed by atoms with Crippen molar-refractivity contribution in [3.63, 3.8) is 0 Å². The molecule has 4 rings (SSSR count). The molecular formula is C22H29FN4O. The van der Waals surface area contributed by atoms with Gasteiger partial charge in [-0.05, 0) is 43.7 Å². The molecule has 6 heteroatoms. The lowest BCUT2D eigenvalue weighted by Gasteiger charge is -2.37. The lowest BCUT2D eigenvalue weighted by atomic mass is 9.67. The van der Waals surface area contributed by atoms with Gasteiger partial charge in [-0.25, -0.2) is 4.39 Å². The third-order valence-corrected chi connectivity index (χ3v) is 6.62. The van der Waals surface area contributed by atoms with Crippen LogP contribution < -0.4 is 0 Å². The van der Waals surface area contributed by atoms with E-state index in [1.54, 1.807) is 24.5 Å². The summed E-state index contributed by atoms with van der Waals surface area (Å²) in [6.07, 6.45) is 7.81. The molecule has 0 N–H and O–H groups in total. The Bertz CT molecular complexity index is 841. The zero-order valence-corrected chi connectivity index (χ0v) is 16.8. The van der Waals surface area contributed by atoms with Gasteiger partial charge >= 0.3 is 0 Å². The summed E-state index contributed by atoms with van der Waals surface area (Å²) in [4.78, 5) is 15.0. The second kappa shape index (κ2) is 7.64. The van der Waals surface area contributed by atoms with Gasteiger partial charge in [0.1, 0.15) is 18.0 Å². The molecule has 1 saturated carbocycles. The first kappa shape index (κ1) is 19.1. The van der Waals surface area contributed by atoms with Gasteiger partial charge in [-0.15, -0.1) is 10.2 Å². The summed E-state index contributed by atoms with van der Waals surface area (Å²) in [5.74, 6) is 0.895. The highest BCUT2D eigenvalue weighted by Crippen LogP contribution is 2.51. The lowest BCUT2D eigenvalue weighted by Crippen LogP contribution is -2.35. The van der Waals surface area contributed by atoms with Crippen LogP contribution in [0.1, 0.15) is 69.3 Å². The standard InChI is InChI=1S/C22H29FN4O/c1-16(2)27-15-24-25-21(27)18-13-26(14-22(18)10-6-3-7-11-22)20(28)12-17-8-4-5-9-19(17)23/h4-5,8-9,15-16,18H,3,6-7,10-14H2,1-2H3. The van der Waals surface area contributed by atoms with Crippen molar-refractivity contribution in [2.75, 3.05) is 13.1 Å². The Hall–Kier alpha value is -2.24. The van der Waals surface area contributed by atoms with Crippen molar-refractivity contribution in [1.29, 1.82) is 0 Å². The third-order valence-electron chi connectivity index (χ3n) is 6.62. The molecule has 1 aromatic heterocycles. The van der Waals surface area contributed by atoms with Crippen molar-refractivity contribution in [1.82, 2.24) is 19.7 Å². The summed E-state index contributed by atoms with van der Waals surface area (Å²) in [6, 6.07) is 6.85. The molecule has 2 aliphatic rings. The minimum Gasteiger partial charge on any atom is -0.341 e. The fourth-order valence-electron chi connectivity index (χ4n) is 5.09. The first-order valence-electron chi connectivity index (χ1n) is 10.4. The fraction of sp³-hybridized carbons (Fsp3) is 0.591. The van der Waals surface area contributed by atoms with Crippen molar-refractivity contribution < 1.29 is 9.18 Å². The van der Waals surface area contributed by atoms with Crippen LogP contribution in [-0.2, 0) is 11.2 Å². The summed E-state index contributed by atoms with van der Waals surface area (Å²) < 4.78 is 16.2. The average Bonchev–Trinajstić information content (AvgIpc) is 3.29. The van der Waals surface area contributed by atoms with Crippen molar-refractivity contribution in [3.05, 3.63) is 47.8 Å². The molecule has 150 valence electrons. The Kier molecular flexibility index (Phi) is 5.21. The highest BCUT2D eigenvalue weighted by Gasteiger charge is 2.50. The summed E-state index contributed by atoms with van der Waals surface area (Å²) in [7, 11) is 0. The number of amides is 1. The highest BCUT2D eigenvalue weighted by molar-refractivity contribution is 5.79. The molecule has 1 aliphatic heterocycles. The number of aromatic nitrogens is 3. The normalized spacial score (nSPS) is 21.6. The molecule has 0 bridgehead atoms. The van der Waals surface area contributed by atoms with Crippen LogP contribution in [0.4, 0.5) is 4.39 Å². The summed E-state index contributed by atoms with van der Waals surface area (Å²) in [5.41, 5.74) is 0.544. The van der Waals surface area contributed by atoms with E-state index in [9.17, 15) is 9.18 Å². The molecule has 1 unspecified atom stereocenters. The van der Waals surface area contributed by atoms with Crippen molar-refractivity contribution in [2.45, 2.75) is 64.3 Å². The van der Waals surface area contributed by atoms with E-state index in [0.29, 0.717) is 12.1 Å². The van der Waals surface area contributed by atoms with E-state index >= 15 is 0 Å². The topological polar surface area (TPSA) is 51.0 Å². The first-order valence-corrected chi connectivity index (χ1v) is 10.4. The summed E-state index contributed by atoms with van der Waals surface area (Å²) >= 11 is 0. The van der Waals surface area contributed by atoms with E-state index in [-0.39, 0.29) is 35.5 Å². The van der Waals surface area contributed by atoms with Crippen LogP contribution in [0, 0.1) is 11.2 Å². The first-order chi connectivity index (χ1) is 13.5. The van der Waals surface area contributed by atoms with Crippen LogP contribution >= 0.6 is 0 Å². The Labute approximate surface area is 165 Å². The van der Waals surface area contributed by atoms with Crippen LogP contribution in [0.15, 0.2) is 30.6 Å². The number of hydrogen-bond acceptors (Lipinski definition) is 3. The summed E-state index contributed by atoms with van der Waals surface area (Å²) in [6.45, 7) is 5.67. The Balaban J connectivity index is 1.60. The molecule has 0 radical (unpaired) electrons. The molecule has 2 fully saturated rings. The maximum Gasteiger partial charge on any atom is 0.227 e. The lowest BCUT2D eigenvalue weighted by molar-refractivity contribution is -0.130. The van der Waals surface area contributed by atoms with E-state index < -0.39 is 0 Å². The van der Waals surface area contributed by atoms with E-state index in [2.05, 4.69) is 28.6 Å². The number of hydrogen-bond donors (Lipinski definition) is 0. The largest absolute Gasteiger partial charge is 0.341 e. The Morgan fingerprint density at radius 1 is 1.25 bits per heavy atom. The smallest absolute Gasteiger partial charge is 0.227 e. The maximum absolute atomic E-state index is 14.0. The van der Waals surface area contributed by atoms with Crippen LogP contribution in [0.5, 0.6) is 0 Å². The van der Waals surface area contributed by atoms with Crippen molar-refractivity contribution in [2.24, 2.45) is 5.41 Å². The minimum atomic E-state index is -0.307. The molecule has 2 aromatic rings. The van der Waals surface area contributed by atoms with E-state index in [1.165, 1.54) is 25.3 Å². The monoisotopic (exact) mass is 384 g/mol. The van der Waals surface area contributed by atoms with Gasteiger partial charge in [0.05, 0.1) is 6.42 Å². The maximum atomic E-state index is 14.0. The molecule has 1 aromatic carbocycles. The second-order valence-electron chi connectivity index (χ2n) is 8.71. The molecular weight excluding hydrogens is 355 g/mol. The van der Waals surface area contributed by atoms with Crippen molar-refractivity contribution in [3.8, 4) is 0 Å². The predicted octanol–water partition coefficient (Wildman–Crippen LogP) is 4.12. The minimum absolute atomic E-state index is 0.00756. The molecule has 1 spiro atoms. The van der Waals surface area contributed by atoms with Gasteiger partial charge in [0.15, 0.2) is 0 Å². The van der Waals surface area contributed by atoms with Gasteiger partial charge in [-0.1, -0.05) is 37.5 Å². The predicted molar refractivity (Wildman–Crippen MR) is 105 cm³/mol. The Morgan fingerprint density at radius 3 is 2.71 bits per heavy atom. The number of likely N-dealkylation sites (tertiary alicyclic amines) is 1. The van der Waals surface area contributed by atoms with Crippen molar-refractivity contribution >= 4 is 5.91 Å². The van der Waals surface area contributed by atoms with E-state index in [1.807, 2.05) is 4.90 Å². The van der Waals surface area contributed by atoms with Gasteiger partial charge < -0.3 is 9.47 Å². The summed E-state index contributed by atoms with van der Waals surface area (Å²) in [5, 5.41) is 8.65. The van der Waals surface area contributed by atoms with Gasteiger partial charge in [0.2, 0.25) is 5.91 Å². The molecule has 1 aliphatic carbocycles. The fourth-order valence-corrected chi connectivity index (χ4v) is 5.09. The molecule has 1 atom stereocenters. The zero-order chi connectivity index (χ0) is 19.7. The SMILES string of the molecule is CC(C)n1cnnc1C1CN(C(=O)Cc2ccccc2F)CC12CCCCC2. The second-order valence-corrected chi connectivity index (χ2v) is 8.71. The van der Waals surface area contributed by atoms with Gasteiger partial charge in [-0.2, -0.15) is 0 Å². The van der Waals surface area contributed by atoms with Crippen LogP contribution in [0.3, 0.4) is 0 Å². The number of rotatable bonds is 4. The third kappa shape index (κ3) is 3.45. The van der Waals surface area contributed by atoms with Gasteiger partial charge in [-0.3, -0.25) is 4.79 Å². The van der Waals surface area contributed by atoms with E-state index in [0.717, 1.165) is 25.2 Å². The Morgan fingerprint density at radius 2 is 2.00 bits per heavy atom. The molecule has 1 amide bonds. The number of carbonyl (C=O) groups excluding carboxylic acids is 1. The number of nitrogens with zero attached hydrogens (tertiary/aromatic N) is 4. The average molecular weight is 384 g/mol. The van der Waals surface area contributed by atoms with E-state index in [4.69, 9.17) is 0 Å². The quantitative estimate of drug-likeness (QED) is 0.797. The molecule has 1 saturated heterocycles. The number of benzene rings is 1. The van der Waals surface area contributed by atoms with Crippen LogP contribution in [-0.4, -0.2) is 38.7 Å². The molecule has 28 heavy (non-hydrogen) atoms. The molecule has 2 heterocycles.